The topological polar surface area (TPSA) is 77.6 Å². The first-order valence-electron chi connectivity index (χ1n) is 4.10. The Hall–Kier alpha value is -1.11. The van der Waals surface area contributed by atoms with Crippen LogP contribution in [0.25, 0.3) is 0 Å². The van der Waals surface area contributed by atoms with Crippen molar-refractivity contribution in [3.63, 3.8) is 0 Å². The fourth-order valence-corrected chi connectivity index (χ4v) is 2.01. The van der Waals surface area contributed by atoms with E-state index in [1.54, 1.807) is 6.07 Å². The first-order valence-corrected chi connectivity index (χ1v) is 5.67. The molecular formula is C8H5Cl2N5S. The molecule has 8 heteroatoms. The number of nitrogen functional groups attached to an aromatic ring is 1. The van der Waals surface area contributed by atoms with Gasteiger partial charge in [0.15, 0.2) is 11.0 Å². The summed E-state index contributed by atoms with van der Waals surface area (Å²) < 4.78 is 0. The maximum absolute atomic E-state index is 5.85. The molecule has 0 amide bonds. The minimum Gasteiger partial charge on any atom is -0.381 e. The Morgan fingerprint density at radius 2 is 2.12 bits per heavy atom. The molecule has 0 fully saturated rings. The van der Waals surface area contributed by atoms with Crippen molar-refractivity contribution >= 4 is 40.8 Å². The van der Waals surface area contributed by atoms with E-state index in [2.05, 4.69) is 20.2 Å². The fourth-order valence-electron chi connectivity index (χ4n) is 0.932. The van der Waals surface area contributed by atoms with E-state index >= 15 is 0 Å². The lowest BCUT2D eigenvalue weighted by Crippen LogP contribution is -1.96. The Balaban J connectivity index is 2.31. The van der Waals surface area contributed by atoms with Crippen molar-refractivity contribution in [2.75, 3.05) is 5.73 Å². The van der Waals surface area contributed by atoms with Gasteiger partial charge in [0.1, 0.15) is 10.2 Å². The van der Waals surface area contributed by atoms with Crippen LogP contribution in [0.2, 0.25) is 10.3 Å². The van der Waals surface area contributed by atoms with Gasteiger partial charge in [-0.25, -0.2) is 9.97 Å². The van der Waals surface area contributed by atoms with Crippen molar-refractivity contribution in [3.05, 3.63) is 28.8 Å². The summed E-state index contributed by atoms with van der Waals surface area (Å²) in [5, 5.41) is 8.41. The smallest absolute Gasteiger partial charge is 0.165 e. The first kappa shape index (κ1) is 11.4. The number of nitrogens with zero attached hydrogens (tertiary/aromatic N) is 4. The van der Waals surface area contributed by atoms with E-state index in [1.165, 1.54) is 24.2 Å². The van der Waals surface area contributed by atoms with Crippen molar-refractivity contribution in [1.82, 2.24) is 20.2 Å². The van der Waals surface area contributed by atoms with Gasteiger partial charge in [-0.15, -0.1) is 5.10 Å². The molecule has 0 saturated carbocycles. The Morgan fingerprint density at radius 3 is 2.81 bits per heavy atom. The van der Waals surface area contributed by atoms with Crippen molar-refractivity contribution in [2.24, 2.45) is 0 Å². The fraction of sp³-hybridized carbons (Fsp3) is 0. The third-order valence-electron chi connectivity index (χ3n) is 1.58. The van der Waals surface area contributed by atoms with E-state index < -0.39 is 0 Å². The van der Waals surface area contributed by atoms with Gasteiger partial charge in [-0.2, -0.15) is 5.10 Å². The third kappa shape index (κ3) is 2.52. The quantitative estimate of drug-likeness (QED) is 0.905. The van der Waals surface area contributed by atoms with Gasteiger partial charge in [-0.3, -0.25) is 0 Å². The van der Waals surface area contributed by atoms with Crippen LogP contribution in [-0.4, -0.2) is 20.2 Å². The maximum atomic E-state index is 5.85. The van der Waals surface area contributed by atoms with Gasteiger partial charge in [0.25, 0.3) is 0 Å². The van der Waals surface area contributed by atoms with Crippen LogP contribution in [0.1, 0.15) is 0 Å². The second-order valence-electron chi connectivity index (χ2n) is 2.67. The number of nitrogens with two attached hydrogens (primary N) is 1. The van der Waals surface area contributed by atoms with Crippen molar-refractivity contribution < 1.29 is 0 Å². The molecule has 16 heavy (non-hydrogen) atoms. The van der Waals surface area contributed by atoms with Gasteiger partial charge in [-0.05, 0) is 6.07 Å². The monoisotopic (exact) mass is 273 g/mol. The molecule has 0 bridgehead atoms. The Labute approximate surface area is 105 Å². The van der Waals surface area contributed by atoms with Crippen molar-refractivity contribution in [2.45, 2.75) is 9.92 Å². The summed E-state index contributed by atoms with van der Waals surface area (Å²) in [7, 11) is 0. The highest BCUT2D eigenvalue weighted by Crippen LogP contribution is 2.32. The zero-order chi connectivity index (χ0) is 11.5. The Morgan fingerprint density at radius 1 is 1.31 bits per heavy atom. The first-order chi connectivity index (χ1) is 7.66. The number of rotatable bonds is 2. The van der Waals surface area contributed by atoms with Gasteiger partial charge in [0.05, 0.1) is 17.3 Å². The van der Waals surface area contributed by atoms with Crippen LogP contribution in [0.3, 0.4) is 0 Å². The summed E-state index contributed by atoms with van der Waals surface area (Å²) in [6.07, 6.45) is 2.95. The van der Waals surface area contributed by atoms with Crippen LogP contribution in [0.15, 0.2) is 28.4 Å². The zero-order valence-corrected chi connectivity index (χ0v) is 10.1. The average Bonchev–Trinajstić information content (AvgIpc) is 2.25. The number of hydrogen-bond donors (Lipinski definition) is 1. The zero-order valence-electron chi connectivity index (χ0n) is 7.76. The molecule has 0 saturated heterocycles. The van der Waals surface area contributed by atoms with Crippen LogP contribution in [0.4, 0.5) is 5.82 Å². The van der Waals surface area contributed by atoms with Crippen LogP contribution in [-0.2, 0) is 0 Å². The lowest BCUT2D eigenvalue weighted by Gasteiger charge is -2.03. The lowest BCUT2D eigenvalue weighted by molar-refractivity contribution is 0.993. The molecular weight excluding hydrogens is 269 g/mol. The molecule has 0 aliphatic rings. The largest absolute Gasteiger partial charge is 0.381 e. The summed E-state index contributed by atoms with van der Waals surface area (Å²) in [6.45, 7) is 0. The highest BCUT2D eigenvalue weighted by atomic mass is 35.5. The lowest BCUT2D eigenvalue weighted by atomic mass is 10.6. The highest BCUT2D eigenvalue weighted by Gasteiger charge is 2.09. The summed E-state index contributed by atoms with van der Waals surface area (Å²) in [6, 6.07) is 1.72. The van der Waals surface area contributed by atoms with E-state index in [0.29, 0.717) is 15.1 Å². The van der Waals surface area contributed by atoms with Crippen LogP contribution >= 0.6 is 35.0 Å². The SMILES string of the molecule is Nc1nc(Cl)cnc1Sc1ccnnc1Cl. The van der Waals surface area contributed by atoms with E-state index in [1.807, 2.05) is 0 Å². The third-order valence-corrected chi connectivity index (χ3v) is 3.21. The summed E-state index contributed by atoms with van der Waals surface area (Å²) >= 11 is 12.7. The molecule has 0 atom stereocenters. The molecule has 0 unspecified atom stereocenters. The average molecular weight is 274 g/mol. The molecule has 0 aromatic carbocycles. The van der Waals surface area contributed by atoms with Gasteiger partial charge in [-0.1, -0.05) is 35.0 Å². The molecule has 2 aromatic rings. The van der Waals surface area contributed by atoms with Crippen molar-refractivity contribution in [3.8, 4) is 0 Å². The molecule has 2 heterocycles. The van der Waals surface area contributed by atoms with Crippen LogP contribution in [0, 0.1) is 0 Å². The van der Waals surface area contributed by atoms with Gasteiger partial charge in [0, 0.05) is 0 Å². The number of halogens is 2. The van der Waals surface area contributed by atoms with E-state index in [4.69, 9.17) is 28.9 Å². The van der Waals surface area contributed by atoms with Gasteiger partial charge < -0.3 is 5.73 Å². The van der Waals surface area contributed by atoms with Crippen molar-refractivity contribution in [1.29, 1.82) is 0 Å². The van der Waals surface area contributed by atoms with Gasteiger partial charge >= 0.3 is 0 Å². The molecule has 0 spiro atoms. The minimum absolute atomic E-state index is 0.251. The minimum atomic E-state index is 0.251. The van der Waals surface area contributed by atoms with Gasteiger partial charge in [0.2, 0.25) is 0 Å². The van der Waals surface area contributed by atoms with E-state index in [0.717, 1.165) is 0 Å². The van der Waals surface area contributed by atoms with E-state index in [-0.39, 0.29) is 11.0 Å². The van der Waals surface area contributed by atoms with Crippen LogP contribution in [0.5, 0.6) is 0 Å². The molecule has 0 radical (unpaired) electrons. The molecule has 0 aliphatic heterocycles. The summed E-state index contributed by atoms with van der Waals surface area (Å²) in [5.41, 5.74) is 5.66. The Bertz CT molecular complexity index is 522. The predicted molar refractivity (Wildman–Crippen MR) is 62.6 cm³/mol. The normalized spacial score (nSPS) is 10.4. The molecule has 2 aromatic heterocycles. The number of hydrogen-bond acceptors (Lipinski definition) is 6. The number of aromatic nitrogens is 4. The second kappa shape index (κ2) is 4.82. The number of anilines is 1. The predicted octanol–water partition coefficient (Wildman–Crippen LogP) is 2.31. The Kier molecular flexibility index (Phi) is 3.42. The standard InChI is InChI=1S/C8H5Cl2N5S/c9-5-3-12-8(7(11)14-5)16-4-1-2-13-15-6(4)10/h1-3H,(H2,11,14). The van der Waals surface area contributed by atoms with Crippen LogP contribution < -0.4 is 5.73 Å². The van der Waals surface area contributed by atoms with E-state index in [9.17, 15) is 0 Å². The molecule has 82 valence electrons. The summed E-state index contributed by atoms with van der Waals surface area (Å²) in [5.74, 6) is 0.255. The maximum Gasteiger partial charge on any atom is 0.165 e. The molecule has 2 rings (SSSR count). The highest BCUT2D eigenvalue weighted by molar-refractivity contribution is 7.99. The molecule has 2 N–H and O–H groups in total. The summed E-state index contributed by atoms with van der Waals surface area (Å²) in [4.78, 5) is 8.64. The molecule has 5 nitrogen and oxygen atoms in total. The molecule has 0 aliphatic carbocycles. The second-order valence-corrected chi connectivity index (χ2v) is 4.45.